The Morgan fingerprint density at radius 2 is 1.03 bits per heavy atom. The summed E-state index contributed by atoms with van der Waals surface area (Å²) < 4.78 is 13.9. The van der Waals surface area contributed by atoms with E-state index >= 15 is 0 Å². The van der Waals surface area contributed by atoms with E-state index in [9.17, 15) is 20.1 Å². The van der Waals surface area contributed by atoms with Crippen molar-refractivity contribution in [3.8, 4) is 79.8 Å². The molecule has 4 heterocycles. The maximum absolute atomic E-state index is 13.5. The zero-order chi connectivity index (χ0) is 40.4. The molecule has 4 aromatic heterocycles. The first kappa shape index (κ1) is 38.0. The predicted octanol–water partition coefficient (Wildman–Crippen LogP) is 8.89. The molecule has 0 fully saturated rings. The molecule has 0 saturated heterocycles. The van der Waals surface area contributed by atoms with Crippen LogP contribution in [0.4, 0.5) is 0 Å². The van der Waals surface area contributed by atoms with Gasteiger partial charge in [0.25, 0.3) is 11.1 Å². The van der Waals surface area contributed by atoms with Gasteiger partial charge in [0.05, 0.1) is 60.2 Å². The predicted molar refractivity (Wildman–Crippen MR) is 224 cm³/mol. The first-order valence-corrected chi connectivity index (χ1v) is 18.1. The van der Waals surface area contributed by atoms with E-state index in [4.69, 9.17) is 9.47 Å². The lowest BCUT2D eigenvalue weighted by molar-refractivity contribution is 0.412. The van der Waals surface area contributed by atoms with Crippen LogP contribution in [0.2, 0.25) is 0 Å². The van der Waals surface area contributed by atoms with Gasteiger partial charge in [0.1, 0.15) is 11.5 Å². The number of rotatable bonds is 8. The van der Waals surface area contributed by atoms with Gasteiger partial charge in [-0.15, -0.1) is 0 Å². The quantitative estimate of drug-likeness (QED) is 0.150. The lowest BCUT2D eigenvalue weighted by Crippen LogP contribution is -2.21. The summed E-state index contributed by atoms with van der Waals surface area (Å²) in [6.07, 6.45) is 6.93. The summed E-state index contributed by atoms with van der Waals surface area (Å²) in [6, 6.07) is 47.9. The average molecular weight is 759 g/mol. The molecule has 0 unspecified atom stereocenters. The molecule has 10 nitrogen and oxygen atoms in total. The fourth-order valence-electron chi connectivity index (χ4n) is 6.49. The molecule has 10 heteroatoms. The van der Waals surface area contributed by atoms with Gasteiger partial charge < -0.3 is 9.47 Å². The van der Waals surface area contributed by atoms with Gasteiger partial charge in [-0.25, -0.2) is 0 Å². The lowest BCUT2D eigenvalue weighted by Gasteiger charge is -2.15. The van der Waals surface area contributed by atoms with Crippen LogP contribution in [0.5, 0.6) is 11.5 Å². The number of aromatic nitrogens is 4. The highest BCUT2D eigenvalue weighted by molar-refractivity contribution is 5.76. The topological polar surface area (TPSA) is 136 Å². The van der Waals surface area contributed by atoms with Crippen molar-refractivity contribution in [2.75, 3.05) is 14.2 Å². The van der Waals surface area contributed by atoms with Gasteiger partial charge in [-0.3, -0.25) is 28.7 Å². The Bertz CT molecular complexity index is 2950. The Morgan fingerprint density at radius 3 is 1.57 bits per heavy atom. The molecular weight excluding hydrogens is 725 g/mol. The minimum atomic E-state index is -0.239. The molecular formula is C48H34N6O4. The van der Waals surface area contributed by atoms with E-state index in [0.717, 1.165) is 22.5 Å². The summed E-state index contributed by atoms with van der Waals surface area (Å²) >= 11 is 0. The molecule has 4 aromatic carbocycles. The normalized spacial score (nSPS) is 10.3. The Hall–Kier alpha value is -8.34. The highest BCUT2D eigenvalue weighted by Crippen LogP contribution is 2.29. The molecule has 0 saturated carbocycles. The van der Waals surface area contributed by atoms with Crippen LogP contribution in [0.25, 0.3) is 56.1 Å². The maximum atomic E-state index is 13.5. The Kier molecular flexibility index (Phi) is 11.4. The number of hydrogen-bond donors (Lipinski definition) is 0. The monoisotopic (exact) mass is 758 g/mol. The van der Waals surface area contributed by atoms with Crippen molar-refractivity contribution in [2.45, 2.75) is 0 Å². The molecule has 0 amide bonds. The van der Waals surface area contributed by atoms with Crippen LogP contribution < -0.4 is 20.6 Å². The van der Waals surface area contributed by atoms with E-state index in [1.54, 1.807) is 109 Å². The largest absolute Gasteiger partial charge is 0.497 e. The summed E-state index contributed by atoms with van der Waals surface area (Å²) in [6.45, 7) is 0. The second-order valence-corrected chi connectivity index (χ2v) is 12.8. The lowest BCUT2D eigenvalue weighted by atomic mass is 9.99. The summed E-state index contributed by atoms with van der Waals surface area (Å²) in [7, 11) is 3.15. The SMILES string of the molecule is COc1cccc(-n2cc(-c3ccccn3)cc(-c3ccccc3C#N)c2=O)c1.COc1ccccc1-n1cc(-c2ccccn2)cc(-c2ccccc2C#N)c1=O. The molecule has 0 aliphatic heterocycles. The van der Waals surface area contributed by atoms with E-state index in [2.05, 4.69) is 22.1 Å². The molecule has 8 rings (SSSR count). The van der Waals surface area contributed by atoms with Gasteiger partial charge in [0, 0.05) is 64.2 Å². The zero-order valence-corrected chi connectivity index (χ0v) is 31.5. The maximum Gasteiger partial charge on any atom is 0.263 e. The molecule has 0 N–H and O–H groups in total. The third-order valence-electron chi connectivity index (χ3n) is 9.31. The van der Waals surface area contributed by atoms with Gasteiger partial charge in [-0.1, -0.05) is 66.7 Å². The van der Waals surface area contributed by atoms with Gasteiger partial charge >= 0.3 is 0 Å². The number of ether oxygens (including phenoxy) is 2. The number of hydrogen-bond acceptors (Lipinski definition) is 8. The summed E-state index contributed by atoms with van der Waals surface area (Å²) in [5.41, 5.74) is 6.75. The first-order chi connectivity index (χ1) is 28.4. The van der Waals surface area contributed by atoms with Crippen LogP contribution in [0.3, 0.4) is 0 Å². The van der Waals surface area contributed by atoms with Crippen LogP contribution in [0, 0.1) is 22.7 Å². The second-order valence-electron chi connectivity index (χ2n) is 12.8. The Balaban J connectivity index is 0.000000177. The number of nitrogens with zero attached hydrogens (tertiary/aromatic N) is 6. The number of nitriles is 2. The van der Waals surface area contributed by atoms with E-state index in [0.29, 0.717) is 56.3 Å². The smallest absolute Gasteiger partial charge is 0.263 e. The van der Waals surface area contributed by atoms with Gasteiger partial charge in [0.15, 0.2) is 0 Å². The number of pyridine rings is 4. The van der Waals surface area contributed by atoms with Crippen LogP contribution in [0.1, 0.15) is 11.1 Å². The number of methoxy groups -OCH3 is 2. The van der Waals surface area contributed by atoms with Crippen molar-refractivity contribution >= 4 is 0 Å². The average Bonchev–Trinajstić information content (AvgIpc) is 3.30. The molecule has 0 radical (unpaired) electrons. The van der Waals surface area contributed by atoms with Crippen molar-refractivity contribution in [2.24, 2.45) is 0 Å². The Labute approximate surface area is 334 Å². The minimum Gasteiger partial charge on any atom is -0.497 e. The molecule has 58 heavy (non-hydrogen) atoms. The van der Waals surface area contributed by atoms with Gasteiger partial charge in [-0.05, 0) is 72.8 Å². The standard InChI is InChI=1S/2C24H17N3O2/c1-29-23-12-5-4-11-22(23)27-16-18(21-10-6-7-13-26-21)14-20(24(27)28)19-9-3-2-8-17(19)15-25;1-29-20-9-6-8-19(14-20)27-16-18(23-11-4-5-12-26-23)13-22(24(27)28)21-10-3-2-7-17(21)15-25/h2*2-14,16H,1H3. The third-order valence-corrected chi connectivity index (χ3v) is 9.31. The van der Waals surface area contributed by atoms with Crippen LogP contribution in [0.15, 0.2) is 180 Å². The van der Waals surface area contributed by atoms with Crippen LogP contribution in [-0.4, -0.2) is 33.3 Å². The molecule has 0 aliphatic rings. The number of benzene rings is 4. The van der Waals surface area contributed by atoms with Crippen molar-refractivity contribution in [3.63, 3.8) is 0 Å². The van der Waals surface area contributed by atoms with E-state index in [1.165, 1.54) is 0 Å². The van der Waals surface area contributed by atoms with Crippen LogP contribution in [-0.2, 0) is 0 Å². The summed E-state index contributed by atoms with van der Waals surface area (Å²) in [4.78, 5) is 35.7. The number of para-hydroxylation sites is 2. The molecule has 0 aliphatic carbocycles. The highest BCUT2D eigenvalue weighted by Gasteiger charge is 2.18. The molecule has 280 valence electrons. The fraction of sp³-hybridized carbons (Fsp3) is 0.0417. The molecule has 0 bridgehead atoms. The summed E-state index contributed by atoms with van der Waals surface area (Å²) in [5.74, 6) is 1.23. The van der Waals surface area contributed by atoms with E-state index < -0.39 is 0 Å². The molecule has 0 spiro atoms. The Morgan fingerprint density at radius 1 is 0.517 bits per heavy atom. The first-order valence-electron chi connectivity index (χ1n) is 18.1. The van der Waals surface area contributed by atoms with E-state index in [1.807, 2.05) is 84.9 Å². The summed E-state index contributed by atoms with van der Waals surface area (Å²) in [5, 5.41) is 19.1. The van der Waals surface area contributed by atoms with Crippen molar-refractivity contribution in [1.82, 2.24) is 19.1 Å². The van der Waals surface area contributed by atoms with Crippen molar-refractivity contribution < 1.29 is 9.47 Å². The van der Waals surface area contributed by atoms with Gasteiger partial charge in [0.2, 0.25) is 0 Å². The van der Waals surface area contributed by atoms with Crippen molar-refractivity contribution in [1.29, 1.82) is 10.5 Å². The molecule has 0 atom stereocenters. The third kappa shape index (κ3) is 7.89. The molecule has 8 aromatic rings. The minimum absolute atomic E-state index is 0.222. The van der Waals surface area contributed by atoms with E-state index in [-0.39, 0.29) is 11.1 Å². The zero-order valence-electron chi connectivity index (χ0n) is 31.5. The van der Waals surface area contributed by atoms with Crippen molar-refractivity contribution in [3.05, 3.63) is 202 Å². The fourth-order valence-corrected chi connectivity index (χ4v) is 6.49. The van der Waals surface area contributed by atoms with Crippen LogP contribution >= 0.6 is 0 Å². The second kappa shape index (κ2) is 17.4. The highest BCUT2D eigenvalue weighted by atomic mass is 16.5. The van der Waals surface area contributed by atoms with Gasteiger partial charge in [-0.2, -0.15) is 10.5 Å².